The number of amides is 1. The molecule has 1 amide bonds. The Balaban J connectivity index is 1.79. The molecule has 1 aromatic carbocycles. The van der Waals surface area contributed by atoms with Crippen molar-refractivity contribution in [2.75, 3.05) is 20.3 Å². The second kappa shape index (κ2) is 8.64. The minimum atomic E-state index is -2.91. The van der Waals surface area contributed by atoms with E-state index in [9.17, 15) is 18.0 Å². The van der Waals surface area contributed by atoms with Gasteiger partial charge in [0.2, 0.25) is 0 Å². The summed E-state index contributed by atoms with van der Waals surface area (Å²) in [5.74, 6) is -1.52. The molecule has 1 unspecified atom stereocenters. The largest absolute Gasteiger partial charge is 0.494 e. The van der Waals surface area contributed by atoms with E-state index in [-0.39, 0.29) is 22.9 Å². The fraction of sp³-hybridized carbons (Fsp3) is 0.474. The molecule has 0 saturated carbocycles. The summed E-state index contributed by atoms with van der Waals surface area (Å²) in [5, 5.41) is 6.55. The van der Waals surface area contributed by atoms with Crippen molar-refractivity contribution in [1.82, 2.24) is 15.1 Å². The number of aromatic nitrogens is 2. The van der Waals surface area contributed by atoms with Crippen LogP contribution in [0.4, 0.5) is 13.2 Å². The van der Waals surface area contributed by atoms with Crippen molar-refractivity contribution in [3.8, 4) is 5.75 Å². The topological polar surface area (TPSA) is 65.4 Å². The van der Waals surface area contributed by atoms with Crippen molar-refractivity contribution in [1.29, 1.82) is 0 Å². The maximum absolute atomic E-state index is 13.9. The Morgan fingerprint density at radius 2 is 2.07 bits per heavy atom. The Bertz CT molecular complexity index is 835. The van der Waals surface area contributed by atoms with Crippen LogP contribution >= 0.6 is 0 Å². The molecule has 6 nitrogen and oxygen atoms in total. The van der Waals surface area contributed by atoms with Gasteiger partial charge in [-0.15, -0.1) is 0 Å². The van der Waals surface area contributed by atoms with Gasteiger partial charge in [-0.3, -0.25) is 9.48 Å². The van der Waals surface area contributed by atoms with E-state index >= 15 is 0 Å². The normalized spacial score (nSPS) is 16.2. The molecule has 2 aromatic rings. The molecule has 0 bridgehead atoms. The highest BCUT2D eigenvalue weighted by molar-refractivity contribution is 5.95. The molecule has 0 spiro atoms. The van der Waals surface area contributed by atoms with Crippen molar-refractivity contribution in [3.05, 3.63) is 47.0 Å². The van der Waals surface area contributed by atoms with Crippen LogP contribution in [0.5, 0.6) is 5.75 Å². The summed E-state index contributed by atoms with van der Waals surface area (Å²) in [6.07, 6.45) is 0.00239. The number of hydrogen-bond acceptors (Lipinski definition) is 4. The lowest BCUT2D eigenvalue weighted by Crippen LogP contribution is -2.33. The summed E-state index contributed by atoms with van der Waals surface area (Å²) in [4.78, 5) is 12.6. The molecule has 2 heterocycles. The lowest BCUT2D eigenvalue weighted by atomic mass is 10.1. The molecule has 1 N–H and O–H groups in total. The van der Waals surface area contributed by atoms with Crippen LogP contribution in [0.1, 0.15) is 46.5 Å². The maximum Gasteiger partial charge on any atom is 0.262 e. The number of ether oxygens (including phenoxy) is 2. The van der Waals surface area contributed by atoms with E-state index in [2.05, 4.69) is 10.4 Å². The Kier molecular flexibility index (Phi) is 6.23. The zero-order valence-electron chi connectivity index (χ0n) is 15.6. The molecule has 0 radical (unpaired) electrons. The molecule has 1 aliphatic heterocycles. The summed E-state index contributed by atoms with van der Waals surface area (Å²) < 4.78 is 52.9. The third-order valence-electron chi connectivity index (χ3n) is 4.90. The summed E-state index contributed by atoms with van der Waals surface area (Å²) in [6, 6.07) is 1.95. The third kappa shape index (κ3) is 4.14. The third-order valence-corrected chi connectivity index (χ3v) is 4.90. The molecular formula is C19H22F3N3O3. The number of carbonyl (C=O) groups excluding carboxylic acids is 1. The first-order valence-corrected chi connectivity index (χ1v) is 8.96. The van der Waals surface area contributed by atoms with Crippen molar-refractivity contribution >= 4 is 5.91 Å². The highest BCUT2D eigenvalue weighted by Crippen LogP contribution is 2.27. The van der Waals surface area contributed by atoms with Gasteiger partial charge in [0.25, 0.3) is 12.3 Å². The van der Waals surface area contributed by atoms with Crippen molar-refractivity contribution in [2.24, 2.45) is 0 Å². The van der Waals surface area contributed by atoms with Gasteiger partial charge in [0.1, 0.15) is 6.04 Å². The van der Waals surface area contributed by atoms with Gasteiger partial charge >= 0.3 is 0 Å². The van der Waals surface area contributed by atoms with Crippen LogP contribution in [-0.4, -0.2) is 42.4 Å². The average Bonchev–Trinajstić information content (AvgIpc) is 3.07. The molecular weight excluding hydrogens is 375 g/mol. The van der Waals surface area contributed by atoms with Gasteiger partial charge in [0, 0.05) is 18.9 Å². The number of benzene rings is 1. The molecule has 152 valence electrons. The number of methoxy groups -OCH3 is 1. The van der Waals surface area contributed by atoms with Gasteiger partial charge < -0.3 is 14.8 Å². The van der Waals surface area contributed by atoms with Gasteiger partial charge in [-0.1, -0.05) is 6.07 Å². The summed E-state index contributed by atoms with van der Waals surface area (Å²) >= 11 is 0. The zero-order valence-corrected chi connectivity index (χ0v) is 15.6. The average molecular weight is 397 g/mol. The van der Waals surface area contributed by atoms with Crippen LogP contribution in [-0.2, 0) is 4.74 Å². The van der Waals surface area contributed by atoms with Gasteiger partial charge in [0.15, 0.2) is 11.6 Å². The quantitative estimate of drug-likeness (QED) is 0.811. The SMILES string of the molecule is COc1ccc(C(NC(=O)c2cnn(C3CCOCC3)c2C)C(F)F)cc1F. The molecule has 3 rings (SSSR count). The first kappa shape index (κ1) is 20.2. The fourth-order valence-corrected chi connectivity index (χ4v) is 3.33. The Morgan fingerprint density at radius 1 is 1.36 bits per heavy atom. The van der Waals surface area contributed by atoms with Crippen LogP contribution in [0, 0.1) is 12.7 Å². The van der Waals surface area contributed by atoms with Crippen LogP contribution < -0.4 is 10.1 Å². The van der Waals surface area contributed by atoms with E-state index in [1.165, 1.54) is 25.4 Å². The Labute approximate surface area is 160 Å². The first-order chi connectivity index (χ1) is 13.4. The van der Waals surface area contributed by atoms with Gasteiger partial charge in [-0.2, -0.15) is 5.10 Å². The second-order valence-corrected chi connectivity index (χ2v) is 6.61. The summed E-state index contributed by atoms with van der Waals surface area (Å²) in [7, 11) is 1.28. The van der Waals surface area contributed by atoms with Crippen LogP contribution in [0.15, 0.2) is 24.4 Å². The van der Waals surface area contributed by atoms with E-state index in [0.717, 1.165) is 18.9 Å². The predicted octanol–water partition coefficient (Wildman–Crippen LogP) is 3.43. The fourth-order valence-electron chi connectivity index (χ4n) is 3.33. The number of alkyl halides is 2. The molecule has 0 aliphatic carbocycles. The predicted molar refractivity (Wildman–Crippen MR) is 95.2 cm³/mol. The van der Waals surface area contributed by atoms with Gasteiger partial charge in [-0.05, 0) is 37.5 Å². The van der Waals surface area contributed by atoms with Crippen LogP contribution in [0.3, 0.4) is 0 Å². The Morgan fingerprint density at radius 3 is 2.68 bits per heavy atom. The second-order valence-electron chi connectivity index (χ2n) is 6.61. The molecule has 1 atom stereocenters. The number of nitrogens with one attached hydrogen (secondary N) is 1. The van der Waals surface area contributed by atoms with Crippen LogP contribution in [0.2, 0.25) is 0 Å². The lowest BCUT2D eigenvalue weighted by Gasteiger charge is -2.24. The number of halogens is 3. The number of rotatable bonds is 6. The van der Waals surface area contributed by atoms with Gasteiger partial charge in [0.05, 0.1) is 24.9 Å². The highest BCUT2D eigenvalue weighted by atomic mass is 19.3. The maximum atomic E-state index is 13.9. The number of hydrogen-bond donors (Lipinski definition) is 1. The molecule has 1 aromatic heterocycles. The number of nitrogens with zero attached hydrogens (tertiary/aromatic N) is 2. The monoisotopic (exact) mass is 397 g/mol. The number of carbonyl (C=O) groups is 1. The van der Waals surface area contributed by atoms with E-state index in [1.54, 1.807) is 11.6 Å². The van der Waals surface area contributed by atoms with Crippen molar-refractivity contribution in [3.63, 3.8) is 0 Å². The first-order valence-electron chi connectivity index (χ1n) is 8.96. The van der Waals surface area contributed by atoms with Crippen LogP contribution in [0.25, 0.3) is 0 Å². The minimum absolute atomic E-state index is 0.0453. The van der Waals surface area contributed by atoms with Crippen molar-refractivity contribution in [2.45, 2.75) is 38.3 Å². The van der Waals surface area contributed by atoms with E-state index in [0.29, 0.717) is 18.9 Å². The zero-order chi connectivity index (χ0) is 20.3. The lowest BCUT2D eigenvalue weighted by molar-refractivity contribution is 0.0655. The van der Waals surface area contributed by atoms with E-state index in [1.807, 2.05) is 0 Å². The highest BCUT2D eigenvalue weighted by Gasteiger charge is 2.28. The summed E-state index contributed by atoms with van der Waals surface area (Å²) in [5.41, 5.74) is 0.764. The molecule has 1 fully saturated rings. The molecule has 1 saturated heterocycles. The van der Waals surface area contributed by atoms with Crippen molar-refractivity contribution < 1.29 is 27.4 Å². The standard InChI is InChI=1S/C19H22F3N3O3/c1-11-14(10-23-25(11)13-5-7-28-8-6-13)19(26)24-17(18(21)22)12-3-4-16(27-2)15(20)9-12/h3-4,9-10,13,17-18H,5-8H2,1-2H3,(H,24,26). The molecule has 1 aliphatic rings. The minimum Gasteiger partial charge on any atom is -0.494 e. The smallest absolute Gasteiger partial charge is 0.262 e. The van der Waals surface area contributed by atoms with E-state index < -0.39 is 24.2 Å². The van der Waals surface area contributed by atoms with E-state index in [4.69, 9.17) is 9.47 Å². The van der Waals surface area contributed by atoms with Gasteiger partial charge in [-0.25, -0.2) is 13.2 Å². The molecule has 28 heavy (non-hydrogen) atoms. The Hall–Kier alpha value is -2.55. The summed E-state index contributed by atoms with van der Waals surface area (Å²) in [6.45, 7) is 2.95. The molecule has 9 heteroatoms.